The lowest BCUT2D eigenvalue weighted by Crippen LogP contribution is -2.27. The number of carbonyl (C=O) groups excluding carboxylic acids is 2. The molecule has 134 valence electrons. The van der Waals surface area contributed by atoms with E-state index in [4.69, 9.17) is 10.00 Å². The molecule has 5 heteroatoms. The highest BCUT2D eigenvalue weighted by molar-refractivity contribution is 5.94. The predicted molar refractivity (Wildman–Crippen MR) is 99.4 cm³/mol. The van der Waals surface area contributed by atoms with Crippen LogP contribution in [0.15, 0.2) is 54.6 Å². The molecule has 0 aliphatic rings. The number of nitriles is 1. The van der Waals surface area contributed by atoms with E-state index in [1.807, 2.05) is 50.2 Å². The molecule has 0 aromatic heterocycles. The first-order chi connectivity index (χ1) is 12.6. The number of hydrogen-bond donors (Lipinski definition) is 1. The number of ether oxygens (including phenoxy) is 1. The van der Waals surface area contributed by atoms with Crippen LogP contribution in [0.4, 0.5) is 5.69 Å². The van der Waals surface area contributed by atoms with Crippen LogP contribution >= 0.6 is 0 Å². The standard InChI is InChI=1S/C21H22N2O3/c1-3-15(2)20(16-9-5-4-6-10-16)21(25)26-14-19(24)23-18-12-8-7-11-17(18)13-22/h4-12,15,20H,3,14H2,1-2H3,(H,23,24)/t15-,20+/m1/s1. The average molecular weight is 350 g/mol. The molecule has 0 unspecified atom stereocenters. The Kier molecular flexibility index (Phi) is 6.92. The summed E-state index contributed by atoms with van der Waals surface area (Å²) in [5, 5.41) is 11.6. The molecule has 1 amide bonds. The van der Waals surface area contributed by atoms with Crippen molar-refractivity contribution >= 4 is 17.6 Å². The summed E-state index contributed by atoms with van der Waals surface area (Å²) in [5.74, 6) is -1.22. The number of para-hydroxylation sites is 1. The van der Waals surface area contributed by atoms with Gasteiger partial charge in [-0.1, -0.05) is 62.7 Å². The summed E-state index contributed by atoms with van der Waals surface area (Å²) >= 11 is 0. The zero-order valence-corrected chi connectivity index (χ0v) is 14.9. The molecule has 0 spiro atoms. The summed E-state index contributed by atoms with van der Waals surface area (Å²) in [6, 6.07) is 18.1. The number of carbonyl (C=O) groups is 2. The monoisotopic (exact) mass is 350 g/mol. The van der Waals surface area contributed by atoms with Crippen molar-refractivity contribution in [2.45, 2.75) is 26.2 Å². The maximum Gasteiger partial charge on any atom is 0.314 e. The summed E-state index contributed by atoms with van der Waals surface area (Å²) in [6.07, 6.45) is 0.816. The van der Waals surface area contributed by atoms with Crippen LogP contribution in [0.1, 0.15) is 37.3 Å². The van der Waals surface area contributed by atoms with Gasteiger partial charge in [0.2, 0.25) is 0 Å². The van der Waals surface area contributed by atoms with E-state index in [1.165, 1.54) is 0 Å². The lowest BCUT2D eigenvalue weighted by molar-refractivity contribution is -0.150. The van der Waals surface area contributed by atoms with Gasteiger partial charge < -0.3 is 10.1 Å². The third-order valence-corrected chi connectivity index (χ3v) is 4.29. The topological polar surface area (TPSA) is 79.2 Å². The van der Waals surface area contributed by atoms with Gasteiger partial charge in [-0.05, 0) is 23.6 Å². The summed E-state index contributed by atoms with van der Waals surface area (Å²) in [5.41, 5.74) is 1.63. The molecule has 1 N–H and O–H groups in total. The Hall–Kier alpha value is -3.13. The van der Waals surface area contributed by atoms with Gasteiger partial charge in [-0.3, -0.25) is 9.59 Å². The number of esters is 1. The zero-order valence-electron chi connectivity index (χ0n) is 14.9. The van der Waals surface area contributed by atoms with Crippen molar-refractivity contribution in [3.63, 3.8) is 0 Å². The first-order valence-corrected chi connectivity index (χ1v) is 8.57. The van der Waals surface area contributed by atoms with Crippen molar-refractivity contribution in [3.05, 3.63) is 65.7 Å². The van der Waals surface area contributed by atoms with E-state index in [0.717, 1.165) is 12.0 Å². The summed E-state index contributed by atoms with van der Waals surface area (Å²) in [6.45, 7) is 3.61. The average Bonchev–Trinajstić information content (AvgIpc) is 2.67. The first-order valence-electron chi connectivity index (χ1n) is 8.57. The highest BCUT2D eigenvalue weighted by Gasteiger charge is 2.27. The highest BCUT2D eigenvalue weighted by Crippen LogP contribution is 2.28. The van der Waals surface area contributed by atoms with Crippen LogP contribution in [-0.2, 0) is 14.3 Å². The van der Waals surface area contributed by atoms with Gasteiger partial charge in [0, 0.05) is 0 Å². The van der Waals surface area contributed by atoms with Crippen molar-refractivity contribution in [2.75, 3.05) is 11.9 Å². The van der Waals surface area contributed by atoms with E-state index in [-0.39, 0.29) is 5.92 Å². The SMILES string of the molecule is CC[C@@H](C)[C@H](C(=O)OCC(=O)Nc1ccccc1C#N)c1ccccc1. The molecule has 0 aliphatic heterocycles. The van der Waals surface area contributed by atoms with Crippen molar-refractivity contribution in [2.24, 2.45) is 5.92 Å². The van der Waals surface area contributed by atoms with Crippen LogP contribution in [-0.4, -0.2) is 18.5 Å². The van der Waals surface area contributed by atoms with Gasteiger partial charge in [0.1, 0.15) is 6.07 Å². The summed E-state index contributed by atoms with van der Waals surface area (Å²) in [4.78, 5) is 24.7. The number of anilines is 1. The van der Waals surface area contributed by atoms with Crippen LogP contribution in [0.2, 0.25) is 0 Å². The molecule has 0 saturated carbocycles. The maximum atomic E-state index is 12.6. The molecule has 5 nitrogen and oxygen atoms in total. The van der Waals surface area contributed by atoms with E-state index in [0.29, 0.717) is 11.3 Å². The Morgan fingerprint density at radius 1 is 1.12 bits per heavy atom. The smallest absolute Gasteiger partial charge is 0.314 e. The molecule has 0 aliphatic carbocycles. The number of hydrogen-bond acceptors (Lipinski definition) is 4. The zero-order chi connectivity index (χ0) is 18.9. The quantitative estimate of drug-likeness (QED) is 0.769. The van der Waals surface area contributed by atoms with Gasteiger partial charge in [0.25, 0.3) is 5.91 Å². The highest BCUT2D eigenvalue weighted by atomic mass is 16.5. The van der Waals surface area contributed by atoms with Crippen LogP contribution in [0.25, 0.3) is 0 Å². The van der Waals surface area contributed by atoms with Crippen LogP contribution in [0.3, 0.4) is 0 Å². The van der Waals surface area contributed by atoms with Crippen molar-refractivity contribution in [3.8, 4) is 6.07 Å². The van der Waals surface area contributed by atoms with E-state index in [9.17, 15) is 9.59 Å². The summed E-state index contributed by atoms with van der Waals surface area (Å²) in [7, 11) is 0. The number of benzene rings is 2. The van der Waals surface area contributed by atoms with Gasteiger partial charge >= 0.3 is 5.97 Å². The molecule has 2 aromatic carbocycles. The van der Waals surface area contributed by atoms with Gasteiger partial charge in [-0.15, -0.1) is 0 Å². The number of amides is 1. The number of nitrogens with one attached hydrogen (secondary N) is 1. The van der Waals surface area contributed by atoms with Crippen molar-refractivity contribution < 1.29 is 14.3 Å². The van der Waals surface area contributed by atoms with E-state index in [2.05, 4.69) is 5.32 Å². The third-order valence-electron chi connectivity index (χ3n) is 4.29. The minimum absolute atomic E-state index is 0.0901. The predicted octanol–water partition coefficient (Wildman–Crippen LogP) is 3.87. The van der Waals surface area contributed by atoms with Gasteiger partial charge in [0.15, 0.2) is 6.61 Å². The van der Waals surface area contributed by atoms with Crippen molar-refractivity contribution in [1.29, 1.82) is 5.26 Å². The molecule has 2 aromatic rings. The van der Waals surface area contributed by atoms with E-state index < -0.39 is 24.4 Å². The first kappa shape index (κ1) is 19.2. The molecule has 0 heterocycles. The fraction of sp³-hybridized carbons (Fsp3) is 0.286. The van der Waals surface area contributed by atoms with Crippen LogP contribution in [0.5, 0.6) is 0 Å². The van der Waals surface area contributed by atoms with Gasteiger partial charge in [-0.25, -0.2) is 0 Å². The van der Waals surface area contributed by atoms with E-state index in [1.54, 1.807) is 24.3 Å². The largest absolute Gasteiger partial charge is 0.455 e. The Morgan fingerprint density at radius 3 is 2.42 bits per heavy atom. The molecule has 0 fully saturated rings. The lowest BCUT2D eigenvalue weighted by Gasteiger charge is -2.21. The Bertz CT molecular complexity index is 796. The maximum absolute atomic E-state index is 12.6. The third kappa shape index (κ3) is 4.93. The molecular formula is C21H22N2O3. The molecule has 0 saturated heterocycles. The second-order valence-corrected chi connectivity index (χ2v) is 6.09. The number of nitrogens with zero attached hydrogens (tertiary/aromatic N) is 1. The Balaban J connectivity index is 2.01. The molecule has 2 atom stereocenters. The Labute approximate surface area is 153 Å². The minimum atomic E-state index is -0.475. The fourth-order valence-electron chi connectivity index (χ4n) is 2.70. The molecule has 2 rings (SSSR count). The van der Waals surface area contributed by atoms with Gasteiger partial charge in [0.05, 0.1) is 17.2 Å². The lowest BCUT2D eigenvalue weighted by atomic mass is 9.86. The Morgan fingerprint density at radius 2 is 1.77 bits per heavy atom. The molecule has 0 radical (unpaired) electrons. The minimum Gasteiger partial charge on any atom is -0.455 e. The fourth-order valence-corrected chi connectivity index (χ4v) is 2.70. The van der Waals surface area contributed by atoms with E-state index >= 15 is 0 Å². The van der Waals surface area contributed by atoms with Crippen LogP contribution in [0, 0.1) is 17.2 Å². The normalized spacial score (nSPS) is 12.5. The molecular weight excluding hydrogens is 328 g/mol. The van der Waals surface area contributed by atoms with Crippen molar-refractivity contribution in [1.82, 2.24) is 0 Å². The second-order valence-electron chi connectivity index (χ2n) is 6.09. The summed E-state index contributed by atoms with van der Waals surface area (Å²) < 4.78 is 5.26. The number of rotatable bonds is 7. The molecule has 0 bridgehead atoms. The van der Waals surface area contributed by atoms with Gasteiger partial charge in [-0.2, -0.15) is 5.26 Å². The molecule has 26 heavy (non-hydrogen) atoms. The second kappa shape index (κ2) is 9.38. The van der Waals surface area contributed by atoms with Crippen LogP contribution < -0.4 is 5.32 Å².